The van der Waals surface area contributed by atoms with Crippen LogP contribution in [0.1, 0.15) is 35.9 Å². The number of carbonyl (C=O) groups is 1. The van der Waals surface area contributed by atoms with Gasteiger partial charge in [0.05, 0.1) is 5.69 Å². The predicted octanol–water partition coefficient (Wildman–Crippen LogP) is 1.89. The average molecular weight is 300 g/mol. The Hall–Kier alpha value is -0.840. The number of aryl methyl sites for hydroxylation is 2. The molecule has 5 heteroatoms. The molecule has 0 aliphatic heterocycles. The summed E-state index contributed by atoms with van der Waals surface area (Å²) in [6.07, 6.45) is 3.25. The summed E-state index contributed by atoms with van der Waals surface area (Å²) >= 11 is 3.50. The molecule has 1 amide bonds. The molecule has 94 valence electrons. The molecule has 1 fully saturated rings. The second-order valence-electron chi connectivity index (χ2n) is 4.81. The Morgan fingerprint density at radius 3 is 2.82 bits per heavy atom. The lowest BCUT2D eigenvalue weighted by Gasteiger charge is -2.12. The van der Waals surface area contributed by atoms with E-state index in [-0.39, 0.29) is 5.91 Å². The van der Waals surface area contributed by atoms with Crippen molar-refractivity contribution in [1.29, 1.82) is 0 Å². The van der Waals surface area contributed by atoms with Crippen molar-refractivity contribution in [3.63, 3.8) is 0 Å². The molecule has 1 aliphatic carbocycles. The molecule has 0 aromatic carbocycles. The van der Waals surface area contributed by atoms with Gasteiger partial charge in [-0.25, -0.2) is 0 Å². The first-order valence-electron chi connectivity index (χ1n) is 5.97. The number of hydrogen-bond donors (Lipinski definition) is 1. The van der Waals surface area contributed by atoms with Gasteiger partial charge in [0, 0.05) is 18.9 Å². The number of halogens is 1. The Kier molecular flexibility index (Phi) is 3.56. The number of amides is 1. The lowest BCUT2D eigenvalue weighted by Crippen LogP contribution is -2.32. The van der Waals surface area contributed by atoms with E-state index in [4.69, 9.17) is 0 Å². The summed E-state index contributed by atoms with van der Waals surface area (Å²) in [7, 11) is 1.81. The zero-order valence-electron chi connectivity index (χ0n) is 10.3. The molecule has 2 rings (SSSR count). The number of carbonyl (C=O) groups excluding carboxylic acids is 1. The molecule has 1 aromatic heterocycles. The van der Waals surface area contributed by atoms with Crippen LogP contribution in [-0.2, 0) is 13.5 Å². The molecule has 4 nitrogen and oxygen atoms in total. The molecular formula is C12H18BrN3O. The van der Waals surface area contributed by atoms with Crippen LogP contribution in [-0.4, -0.2) is 27.6 Å². The van der Waals surface area contributed by atoms with E-state index in [0.717, 1.165) is 24.0 Å². The van der Waals surface area contributed by atoms with E-state index in [2.05, 4.69) is 26.3 Å². The molecule has 0 bridgehead atoms. The number of hydrogen-bond acceptors (Lipinski definition) is 2. The maximum atomic E-state index is 12.0. The summed E-state index contributed by atoms with van der Waals surface area (Å²) in [6.45, 7) is 2.79. The zero-order valence-corrected chi connectivity index (χ0v) is 11.9. The molecule has 1 N–H and O–H groups in total. The van der Waals surface area contributed by atoms with Gasteiger partial charge in [-0.3, -0.25) is 9.48 Å². The summed E-state index contributed by atoms with van der Waals surface area (Å²) in [6, 6.07) is 1.86. The van der Waals surface area contributed by atoms with E-state index < -0.39 is 0 Å². The molecule has 1 aliphatic rings. The predicted molar refractivity (Wildman–Crippen MR) is 70.4 cm³/mol. The van der Waals surface area contributed by atoms with Crippen molar-refractivity contribution in [3.8, 4) is 0 Å². The van der Waals surface area contributed by atoms with E-state index in [1.54, 1.807) is 4.68 Å². The summed E-state index contributed by atoms with van der Waals surface area (Å²) in [4.78, 5) is 12.0. The summed E-state index contributed by atoms with van der Waals surface area (Å²) < 4.78 is 1.65. The normalized spacial score (nSPS) is 16.9. The van der Waals surface area contributed by atoms with Gasteiger partial charge < -0.3 is 5.32 Å². The van der Waals surface area contributed by atoms with Crippen molar-refractivity contribution in [2.45, 2.75) is 26.2 Å². The Labute approximate surface area is 110 Å². The number of nitrogens with one attached hydrogen (secondary N) is 1. The molecule has 0 atom stereocenters. The third-order valence-corrected chi connectivity index (χ3v) is 4.58. The SMILES string of the molecule is CCc1cc(C(=O)NCC2(CBr)CC2)n(C)n1. The molecule has 0 spiro atoms. The molecular weight excluding hydrogens is 282 g/mol. The fraction of sp³-hybridized carbons (Fsp3) is 0.667. The second kappa shape index (κ2) is 4.80. The van der Waals surface area contributed by atoms with Gasteiger partial charge in [0.25, 0.3) is 5.91 Å². The lowest BCUT2D eigenvalue weighted by molar-refractivity contribution is 0.0937. The Morgan fingerprint density at radius 2 is 2.35 bits per heavy atom. The third kappa shape index (κ3) is 2.70. The van der Waals surface area contributed by atoms with Gasteiger partial charge in [-0.15, -0.1) is 0 Å². The quantitative estimate of drug-likeness (QED) is 0.844. The van der Waals surface area contributed by atoms with Gasteiger partial charge >= 0.3 is 0 Å². The number of nitrogens with zero attached hydrogens (tertiary/aromatic N) is 2. The lowest BCUT2D eigenvalue weighted by atomic mass is 10.1. The highest BCUT2D eigenvalue weighted by atomic mass is 79.9. The zero-order chi connectivity index (χ0) is 12.5. The first-order valence-corrected chi connectivity index (χ1v) is 7.09. The number of alkyl halides is 1. The van der Waals surface area contributed by atoms with E-state index in [0.29, 0.717) is 11.1 Å². The van der Waals surface area contributed by atoms with Gasteiger partial charge in [-0.2, -0.15) is 5.10 Å². The topological polar surface area (TPSA) is 46.9 Å². The first-order chi connectivity index (χ1) is 8.10. The van der Waals surface area contributed by atoms with Crippen molar-refractivity contribution in [1.82, 2.24) is 15.1 Å². The monoisotopic (exact) mass is 299 g/mol. The average Bonchev–Trinajstić information content (AvgIpc) is 3.03. The second-order valence-corrected chi connectivity index (χ2v) is 5.38. The van der Waals surface area contributed by atoms with Gasteiger partial charge in [0.1, 0.15) is 5.69 Å². The number of rotatable bonds is 5. The molecule has 0 unspecified atom stereocenters. The van der Waals surface area contributed by atoms with Crippen LogP contribution >= 0.6 is 15.9 Å². The van der Waals surface area contributed by atoms with Crippen molar-refractivity contribution in [2.24, 2.45) is 12.5 Å². The molecule has 0 radical (unpaired) electrons. The van der Waals surface area contributed by atoms with E-state index in [9.17, 15) is 4.79 Å². The fourth-order valence-corrected chi connectivity index (χ4v) is 2.56. The standard InChI is InChI=1S/C12H18BrN3O/c1-3-9-6-10(16(2)15-9)11(17)14-8-12(7-13)4-5-12/h6H,3-5,7-8H2,1-2H3,(H,14,17). The van der Waals surface area contributed by atoms with Gasteiger partial charge in [-0.1, -0.05) is 22.9 Å². The third-order valence-electron chi connectivity index (χ3n) is 3.39. The molecule has 1 heterocycles. The van der Waals surface area contributed by atoms with Crippen molar-refractivity contribution in [2.75, 3.05) is 11.9 Å². The first kappa shape index (κ1) is 12.6. The van der Waals surface area contributed by atoms with E-state index in [1.807, 2.05) is 20.0 Å². The van der Waals surface area contributed by atoms with Crippen molar-refractivity contribution < 1.29 is 4.79 Å². The van der Waals surface area contributed by atoms with Gasteiger partial charge in [0.2, 0.25) is 0 Å². The smallest absolute Gasteiger partial charge is 0.269 e. The van der Waals surface area contributed by atoms with Crippen LogP contribution in [0.4, 0.5) is 0 Å². The Morgan fingerprint density at radius 1 is 1.65 bits per heavy atom. The minimum absolute atomic E-state index is 0.0214. The van der Waals surface area contributed by atoms with Crippen LogP contribution in [0.15, 0.2) is 6.07 Å². The van der Waals surface area contributed by atoms with Crippen LogP contribution in [0.5, 0.6) is 0 Å². The van der Waals surface area contributed by atoms with Crippen LogP contribution in [0.2, 0.25) is 0 Å². The Bertz CT molecular complexity index is 423. The van der Waals surface area contributed by atoms with Gasteiger partial charge in [-0.05, 0) is 30.7 Å². The van der Waals surface area contributed by atoms with E-state index >= 15 is 0 Å². The Balaban J connectivity index is 1.97. The van der Waals surface area contributed by atoms with Crippen LogP contribution in [0, 0.1) is 5.41 Å². The highest BCUT2D eigenvalue weighted by Gasteiger charge is 2.41. The minimum Gasteiger partial charge on any atom is -0.350 e. The summed E-state index contributed by atoms with van der Waals surface area (Å²) in [5.41, 5.74) is 1.91. The molecule has 17 heavy (non-hydrogen) atoms. The maximum Gasteiger partial charge on any atom is 0.269 e. The van der Waals surface area contributed by atoms with Crippen LogP contribution in [0.25, 0.3) is 0 Å². The molecule has 1 aromatic rings. The number of aromatic nitrogens is 2. The minimum atomic E-state index is -0.0214. The summed E-state index contributed by atoms with van der Waals surface area (Å²) in [5, 5.41) is 8.24. The summed E-state index contributed by atoms with van der Waals surface area (Å²) in [5.74, 6) is -0.0214. The van der Waals surface area contributed by atoms with Crippen LogP contribution < -0.4 is 5.32 Å². The van der Waals surface area contributed by atoms with Crippen LogP contribution in [0.3, 0.4) is 0 Å². The van der Waals surface area contributed by atoms with E-state index in [1.165, 1.54) is 12.8 Å². The maximum absolute atomic E-state index is 12.0. The highest BCUT2D eigenvalue weighted by Crippen LogP contribution is 2.46. The van der Waals surface area contributed by atoms with Crippen molar-refractivity contribution >= 4 is 21.8 Å². The fourth-order valence-electron chi connectivity index (χ4n) is 1.80. The largest absolute Gasteiger partial charge is 0.350 e. The molecule has 0 saturated heterocycles. The van der Waals surface area contributed by atoms with Gasteiger partial charge in [0.15, 0.2) is 0 Å². The highest BCUT2D eigenvalue weighted by molar-refractivity contribution is 9.09. The van der Waals surface area contributed by atoms with Crippen molar-refractivity contribution in [3.05, 3.63) is 17.5 Å². The molecule has 1 saturated carbocycles.